The Bertz CT molecular complexity index is 896. The first kappa shape index (κ1) is 15.7. The summed E-state index contributed by atoms with van der Waals surface area (Å²) in [6.45, 7) is 3.92. The minimum atomic E-state index is 0.0436. The van der Waals surface area contributed by atoms with Crippen molar-refractivity contribution in [1.82, 2.24) is 4.98 Å². The van der Waals surface area contributed by atoms with Gasteiger partial charge < -0.3 is 13.7 Å². The Morgan fingerprint density at radius 2 is 2.12 bits per heavy atom. The van der Waals surface area contributed by atoms with Crippen molar-refractivity contribution in [2.24, 2.45) is 0 Å². The van der Waals surface area contributed by atoms with Crippen molar-refractivity contribution < 1.29 is 13.6 Å². The largest absolute Gasteiger partial charge is 0.459 e. The number of benzene rings is 1. The van der Waals surface area contributed by atoms with E-state index in [9.17, 15) is 4.79 Å². The molecule has 3 aromatic rings. The molecule has 3 heterocycles. The second-order valence-corrected chi connectivity index (χ2v) is 6.46. The maximum absolute atomic E-state index is 13.0. The van der Waals surface area contributed by atoms with Crippen molar-refractivity contribution in [3.05, 3.63) is 59.7 Å². The van der Waals surface area contributed by atoms with E-state index in [1.54, 1.807) is 18.4 Å². The lowest BCUT2D eigenvalue weighted by molar-refractivity contribution is -0.118. The second-order valence-electron chi connectivity index (χ2n) is 6.46. The first-order chi connectivity index (χ1) is 12.1. The predicted molar refractivity (Wildman–Crippen MR) is 94.4 cm³/mol. The van der Waals surface area contributed by atoms with Crippen molar-refractivity contribution in [2.75, 3.05) is 4.90 Å². The number of amides is 1. The highest BCUT2D eigenvalue weighted by atomic mass is 16.4. The molecule has 0 bridgehead atoms. The summed E-state index contributed by atoms with van der Waals surface area (Å²) >= 11 is 0. The molecule has 0 saturated carbocycles. The van der Waals surface area contributed by atoms with Crippen molar-refractivity contribution in [2.45, 2.75) is 39.2 Å². The van der Waals surface area contributed by atoms with Crippen LogP contribution in [-0.4, -0.2) is 16.9 Å². The normalized spacial score (nSPS) is 16.7. The third kappa shape index (κ3) is 2.86. The van der Waals surface area contributed by atoms with E-state index >= 15 is 0 Å². The fourth-order valence-electron chi connectivity index (χ4n) is 3.39. The van der Waals surface area contributed by atoms with Crippen molar-refractivity contribution in [3.63, 3.8) is 0 Å². The zero-order chi connectivity index (χ0) is 17.4. The Labute approximate surface area is 146 Å². The van der Waals surface area contributed by atoms with Gasteiger partial charge in [0.2, 0.25) is 5.91 Å². The number of aryl methyl sites for hydroxylation is 2. The minimum Gasteiger partial charge on any atom is -0.459 e. The van der Waals surface area contributed by atoms with Gasteiger partial charge in [-0.15, -0.1) is 0 Å². The molecule has 1 amide bonds. The van der Waals surface area contributed by atoms with Crippen LogP contribution < -0.4 is 4.90 Å². The summed E-state index contributed by atoms with van der Waals surface area (Å²) in [5.74, 6) is 1.68. The smallest absolute Gasteiger partial charge is 0.263 e. The van der Waals surface area contributed by atoms with Crippen LogP contribution in [0.4, 0.5) is 5.69 Å². The van der Waals surface area contributed by atoms with Gasteiger partial charge in [0, 0.05) is 11.7 Å². The first-order valence-electron chi connectivity index (χ1n) is 8.53. The highest BCUT2D eigenvalue weighted by molar-refractivity contribution is 5.96. The van der Waals surface area contributed by atoms with Gasteiger partial charge in [-0.2, -0.15) is 0 Å². The second kappa shape index (κ2) is 6.24. The molecule has 0 saturated heterocycles. The molecule has 25 heavy (non-hydrogen) atoms. The highest BCUT2D eigenvalue weighted by Crippen LogP contribution is 2.31. The number of rotatable bonds is 3. The zero-order valence-corrected chi connectivity index (χ0v) is 14.4. The van der Waals surface area contributed by atoms with Crippen LogP contribution in [0.5, 0.6) is 0 Å². The molecule has 1 unspecified atom stereocenters. The molecule has 1 aromatic carbocycles. The number of anilines is 1. The number of aromatic nitrogens is 1. The van der Waals surface area contributed by atoms with Crippen LogP contribution in [0.15, 0.2) is 51.5 Å². The van der Waals surface area contributed by atoms with E-state index in [0.29, 0.717) is 23.1 Å². The molecule has 0 fully saturated rings. The van der Waals surface area contributed by atoms with Gasteiger partial charge in [-0.1, -0.05) is 18.2 Å². The number of hydrogen-bond acceptors (Lipinski definition) is 4. The van der Waals surface area contributed by atoms with Crippen LogP contribution in [0.3, 0.4) is 0 Å². The molecule has 1 aliphatic rings. The van der Waals surface area contributed by atoms with Gasteiger partial charge in [0.05, 0.1) is 18.4 Å². The van der Waals surface area contributed by atoms with Crippen LogP contribution in [-0.2, 0) is 17.6 Å². The van der Waals surface area contributed by atoms with E-state index in [1.807, 2.05) is 30.0 Å². The summed E-state index contributed by atoms with van der Waals surface area (Å²) in [6, 6.07) is 11.9. The van der Waals surface area contributed by atoms with E-state index < -0.39 is 0 Å². The van der Waals surface area contributed by atoms with E-state index in [2.05, 4.69) is 18.0 Å². The van der Waals surface area contributed by atoms with Crippen LogP contribution in [0.25, 0.3) is 11.7 Å². The van der Waals surface area contributed by atoms with E-state index in [4.69, 9.17) is 8.83 Å². The monoisotopic (exact) mass is 336 g/mol. The molecule has 2 aromatic heterocycles. The quantitative estimate of drug-likeness (QED) is 0.721. The standard InChI is InChI=1S/C20H20N2O3/c1-13-9-10-15-6-3-4-7-17(15)22(13)19(23)12-16-14(2)25-20(21-16)18-8-5-11-24-18/h3-8,11,13H,9-10,12H2,1-2H3. The molecule has 4 rings (SSSR count). The number of hydrogen-bond donors (Lipinski definition) is 0. The maximum Gasteiger partial charge on any atom is 0.263 e. The molecule has 5 heteroatoms. The number of oxazole rings is 1. The molecule has 1 aliphatic heterocycles. The molecule has 5 nitrogen and oxygen atoms in total. The van der Waals surface area contributed by atoms with E-state index in [-0.39, 0.29) is 18.4 Å². The molecular weight excluding hydrogens is 316 g/mol. The SMILES string of the molecule is Cc1oc(-c2ccco2)nc1CC(=O)N1c2ccccc2CCC1C. The molecule has 128 valence electrons. The Morgan fingerprint density at radius 3 is 2.92 bits per heavy atom. The van der Waals surface area contributed by atoms with Crippen LogP contribution in [0.1, 0.15) is 30.4 Å². The van der Waals surface area contributed by atoms with Crippen molar-refractivity contribution in [3.8, 4) is 11.7 Å². The van der Waals surface area contributed by atoms with Crippen LogP contribution in [0, 0.1) is 6.92 Å². The van der Waals surface area contributed by atoms with Gasteiger partial charge in [0.1, 0.15) is 5.76 Å². The fraction of sp³-hybridized carbons (Fsp3) is 0.300. The number of furan rings is 1. The van der Waals surface area contributed by atoms with Gasteiger partial charge in [0.15, 0.2) is 5.76 Å². The molecular formula is C20H20N2O3. The van der Waals surface area contributed by atoms with Crippen LogP contribution in [0.2, 0.25) is 0 Å². The van der Waals surface area contributed by atoms with Gasteiger partial charge in [0.25, 0.3) is 5.89 Å². The van der Waals surface area contributed by atoms with E-state index in [0.717, 1.165) is 18.5 Å². The zero-order valence-electron chi connectivity index (χ0n) is 14.4. The third-order valence-corrected chi connectivity index (χ3v) is 4.74. The number of para-hydroxylation sites is 1. The lowest BCUT2D eigenvalue weighted by Gasteiger charge is -2.35. The van der Waals surface area contributed by atoms with Gasteiger partial charge in [-0.3, -0.25) is 4.79 Å². The Morgan fingerprint density at radius 1 is 1.28 bits per heavy atom. The predicted octanol–water partition coefficient (Wildman–Crippen LogP) is 4.15. The van der Waals surface area contributed by atoms with Gasteiger partial charge in [-0.25, -0.2) is 4.98 Å². The van der Waals surface area contributed by atoms with Crippen LogP contribution >= 0.6 is 0 Å². The molecule has 0 spiro atoms. The Kier molecular flexibility index (Phi) is 3.92. The van der Waals surface area contributed by atoms with Crippen molar-refractivity contribution >= 4 is 11.6 Å². The summed E-state index contributed by atoms with van der Waals surface area (Å²) in [4.78, 5) is 19.4. The summed E-state index contributed by atoms with van der Waals surface area (Å²) < 4.78 is 11.0. The maximum atomic E-state index is 13.0. The van der Waals surface area contributed by atoms with E-state index in [1.165, 1.54) is 5.56 Å². The fourth-order valence-corrected chi connectivity index (χ4v) is 3.39. The topological polar surface area (TPSA) is 59.5 Å². The summed E-state index contributed by atoms with van der Waals surface area (Å²) in [6.07, 6.45) is 3.77. The number of nitrogens with zero attached hydrogens (tertiary/aromatic N) is 2. The Balaban J connectivity index is 1.60. The lowest BCUT2D eigenvalue weighted by Crippen LogP contribution is -2.43. The summed E-state index contributed by atoms with van der Waals surface area (Å²) in [7, 11) is 0. The number of carbonyl (C=O) groups is 1. The number of carbonyl (C=O) groups excluding carboxylic acids is 1. The van der Waals surface area contributed by atoms with Gasteiger partial charge >= 0.3 is 0 Å². The lowest BCUT2D eigenvalue weighted by atomic mass is 9.96. The number of fused-ring (bicyclic) bond motifs is 1. The molecule has 0 aliphatic carbocycles. The summed E-state index contributed by atoms with van der Waals surface area (Å²) in [5, 5.41) is 0. The minimum absolute atomic E-state index is 0.0436. The average molecular weight is 336 g/mol. The highest BCUT2D eigenvalue weighted by Gasteiger charge is 2.29. The summed E-state index contributed by atoms with van der Waals surface area (Å²) in [5.41, 5.74) is 2.90. The van der Waals surface area contributed by atoms with Gasteiger partial charge in [-0.05, 0) is 50.5 Å². The van der Waals surface area contributed by atoms with Crippen molar-refractivity contribution in [1.29, 1.82) is 0 Å². The molecule has 0 radical (unpaired) electrons. The average Bonchev–Trinajstić information content (AvgIpc) is 3.25. The molecule has 0 N–H and O–H groups in total. The Hall–Kier alpha value is -2.82. The third-order valence-electron chi connectivity index (χ3n) is 4.74. The first-order valence-corrected chi connectivity index (χ1v) is 8.53. The molecule has 1 atom stereocenters.